The molecule has 0 atom stereocenters. The first-order valence-electron chi connectivity index (χ1n) is 9.86. The number of benzene rings is 1. The molecule has 0 fully saturated rings. The molecule has 3 aromatic heterocycles. The van der Waals surface area contributed by atoms with Crippen molar-refractivity contribution in [1.82, 2.24) is 30.0 Å². The van der Waals surface area contributed by atoms with Gasteiger partial charge in [0.05, 0.1) is 14.2 Å². The highest BCUT2D eigenvalue weighted by atomic mass is 16.5. The van der Waals surface area contributed by atoms with Crippen LogP contribution in [0.25, 0.3) is 22.4 Å². The summed E-state index contributed by atoms with van der Waals surface area (Å²) < 4.78 is 11.9. The number of nitrogens with zero attached hydrogens (tertiary/aromatic N) is 5. The number of methoxy groups -OCH3 is 2. The number of carbonyl (C=O) groups excluding carboxylic acids is 1. The quantitative estimate of drug-likeness (QED) is 0.481. The third kappa shape index (κ3) is 4.56. The molecule has 0 spiro atoms. The first-order chi connectivity index (χ1) is 15.6. The Bertz CT molecular complexity index is 1220. The molecule has 0 aliphatic carbocycles. The minimum atomic E-state index is -0.357. The summed E-state index contributed by atoms with van der Waals surface area (Å²) in [6, 6.07) is 13.3. The Morgan fingerprint density at radius 1 is 1.03 bits per heavy atom. The molecule has 1 amide bonds. The lowest BCUT2D eigenvalue weighted by atomic mass is 10.0. The van der Waals surface area contributed by atoms with Crippen molar-refractivity contribution in [2.45, 2.75) is 6.54 Å². The van der Waals surface area contributed by atoms with Gasteiger partial charge in [-0.15, -0.1) is 0 Å². The number of hydrogen-bond acceptors (Lipinski definition) is 7. The summed E-state index contributed by atoms with van der Waals surface area (Å²) in [6.07, 6.45) is 5.50. The molecule has 0 unspecified atom stereocenters. The van der Waals surface area contributed by atoms with E-state index in [4.69, 9.17) is 9.47 Å². The summed E-state index contributed by atoms with van der Waals surface area (Å²) >= 11 is 0. The van der Waals surface area contributed by atoms with Crippen LogP contribution in [0.4, 0.5) is 0 Å². The van der Waals surface area contributed by atoms with E-state index in [1.54, 1.807) is 17.1 Å². The topological polar surface area (TPSA) is 104 Å². The predicted octanol–water partition coefficient (Wildman–Crippen LogP) is 2.89. The predicted molar refractivity (Wildman–Crippen MR) is 118 cm³/mol. The largest absolute Gasteiger partial charge is 0.481 e. The fraction of sp³-hybridized carbons (Fsp3) is 0.174. The monoisotopic (exact) mass is 430 g/mol. The van der Waals surface area contributed by atoms with E-state index in [1.165, 1.54) is 20.3 Å². The molecule has 0 saturated carbocycles. The third-order valence-corrected chi connectivity index (χ3v) is 4.78. The van der Waals surface area contributed by atoms with Crippen LogP contribution in [-0.2, 0) is 13.6 Å². The Labute approximate surface area is 185 Å². The highest BCUT2D eigenvalue weighted by Gasteiger charge is 2.15. The van der Waals surface area contributed by atoms with E-state index >= 15 is 0 Å². The van der Waals surface area contributed by atoms with E-state index in [0.717, 1.165) is 27.9 Å². The zero-order valence-electron chi connectivity index (χ0n) is 17.9. The van der Waals surface area contributed by atoms with Gasteiger partial charge in [-0.3, -0.25) is 14.5 Å². The number of ether oxygens (including phenoxy) is 2. The van der Waals surface area contributed by atoms with Crippen LogP contribution in [0.5, 0.6) is 11.9 Å². The number of hydrogen-bond donors (Lipinski definition) is 1. The van der Waals surface area contributed by atoms with Crippen molar-refractivity contribution in [3.05, 3.63) is 72.3 Å². The molecule has 0 bridgehead atoms. The van der Waals surface area contributed by atoms with Gasteiger partial charge >= 0.3 is 6.01 Å². The van der Waals surface area contributed by atoms with Crippen molar-refractivity contribution >= 4 is 5.91 Å². The standard InChI is InChI=1S/C23H22N6O3/c1-29-14-18(16-7-9-24-10-8-16)21(28-29)17-6-4-5-15(11-17)13-25-22(30)19-12-20(31-2)27-23(26-19)32-3/h4-12,14H,13H2,1-3H3,(H,25,30). The fourth-order valence-corrected chi connectivity index (χ4v) is 3.26. The summed E-state index contributed by atoms with van der Waals surface area (Å²) in [6.45, 7) is 0.318. The Hall–Kier alpha value is -4.27. The Kier molecular flexibility index (Phi) is 6.07. The van der Waals surface area contributed by atoms with Gasteiger partial charge in [-0.2, -0.15) is 15.1 Å². The molecule has 9 nitrogen and oxygen atoms in total. The molecule has 0 radical (unpaired) electrons. The highest BCUT2D eigenvalue weighted by Crippen LogP contribution is 2.30. The summed E-state index contributed by atoms with van der Waals surface area (Å²) in [5.74, 6) is -0.104. The summed E-state index contributed by atoms with van der Waals surface area (Å²) in [5, 5.41) is 7.52. The van der Waals surface area contributed by atoms with Gasteiger partial charge in [0.25, 0.3) is 5.91 Å². The number of pyridine rings is 1. The molecule has 0 aliphatic rings. The van der Waals surface area contributed by atoms with E-state index in [0.29, 0.717) is 6.54 Å². The summed E-state index contributed by atoms with van der Waals surface area (Å²) in [7, 11) is 4.79. The SMILES string of the molecule is COc1cc(C(=O)NCc2cccc(-c3nn(C)cc3-c3ccncc3)c2)nc(OC)n1. The van der Waals surface area contributed by atoms with Crippen LogP contribution in [0.3, 0.4) is 0 Å². The van der Waals surface area contributed by atoms with Crippen molar-refractivity contribution in [2.75, 3.05) is 14.2 Å². The zero-order chi connectivity index (χ0) is 22.5. The van der Waals surface area contributed by atoms with Gasteiger partial charge in [-0.05, 0) is 29.3 Å². The third-order valence-electron chi connectivity index (χ3n) is 4.78. The average molecular weight is 430 g/mol. The zero-order valence-corrected chi connectivity index (χ0v) is 17.9. The lowest BCUT2D eigenvalue weighted by Gasteiger charge is -2.09. The fourth-order valence-electron chi connectivity index (χ4n) is 3.26. The first kappa shape index (κ1) is 21.0. The number of amides is 1. The number of carbonyl (C=O) groups is 1. The van der Waals surface area contributed by atoms with Crippen LogP contribution < -0.4 is 14.8 Å². The van der Waals surface area contributed by atoms with Gasteiger partial charge in [-0.25, -0.2) is 0 Å². The van der Waals surface area contributed by atoms with Crippen molar-refractivity contribution < 1.29 is 14.3 Å². The van der Waals surface area contributed by atoms with Crippen LogP contribution >= 0.6 is 0 Å². The maximum atomic E-state index is 12.6. The minimum absolute atomic E-state index is 0.0651. The number of rotatable bonds is 7. The van der Waals surface area contributed by atoms with Crippen LogP contribution in [0, 0.1) is 0 Å². The molecule has 4 rings (SSSR count). The van der Waals surface area contributed by atoms with Crippen molar-refractivity contribution in [3.8, 4) is 34.3 Å². The number of aryl methyl sites for hydroxylation is 1. The summed E-state index contributed by atoms with van der Waals surface area (Å²) in [4.78, 5) is 24.8. The van der Waals surface area contributed by atoms with E-state index in [1.807, 2.05) is 49.6 Å². The Morgan fingerprint density at radius 2 is 1.84 bits per heavy atom. The second-order valence-electron chi connectivity index (χ2n) is 6.97. The Balaban J connectivity index is 1.55. The Morgan fingerprint density at radius 3 is 2.59 bits per heavy atom. The van der Waals surface area contributed by atoms with Crippen LogP contribution in [0.2, 0.25) is 0 Å². The highest BCUT2D eigenvalue weighted by molar-refractivity contribution is 5.92. The van der Waals surface area contributed by atoms with E-state index < -0.39 is 0 Å². The lowest BCUT2D eigenvalue weighted by Crippen LogP contribution is -2.24. The number of aromatic nitrogens is 5. The molecule has 0 aliphatic heterocycles. The van der Waals surface area contributed by atoms with Crippen LogP contribution in [0.15, 0.2) is 61.1 Å². The van der Waals surface area contributed by atoms with E-state index in [-0.39, 0.29) is 23.5 Å². The van der Waals surface area contributed by atoms with Crippen molar-refractivity contribution in [2.24, 2.45) is 7.05 Å². The van der Waals surface area contributed by atoms with Gasteiger partial charge < -0.3 is 14.8 Å². The van der Waals surface area contributed by atoms with Gasteiger partial charge in [0.15, 0.2) is 0 Å². The van der Waals surface area contributed by atoms with Crippen LogP contribution in [0.1, 0.15) is 16.1 Å². The lowest BCUT2D eigenvalue weighted by molar-refractivity contribution is 0.0944. The molecule has 32 heavy (non-hydrogen) atoms. The number of nitrogens with one attached hydrogen (secondary N) is 1. The molecular formula is C23H22N6O3. The van der Waals surface area contributed by atoms with Gasteiger partial charge in [0, 0.05) is 49.4 Å². The molecule has 1 aromatic carbocycles. The van der Waals surface area contributed by atoms with E-state index in [9.17, 15) is 4.79 Å². The van der Waals surface area contributed by atoms with E-state index in [2.05, 4.69) is 25.4 Å². The minimum Gasteiger partial charge on any atom is -0.481 e. The molecule has 4 aromatic rings. The molecule has 1 N–H and O–H groups in total. The van der Waals surface area contributed by atoms with Crippen molar-refractivity contribution in [3.63, 3.8) is 0 Å². The molecule has 9 heteroatoms. The smallest absolute Gasteiger partial charge is 0.320 e. The van der Waals surface area contributed by atoms with Gasteiger partial charge in [0.1, 0.15) is 11.4 Å². The molecular weight excluding hydrogens is 408 g/mol. The van der Waals surface area contributed by atoms with Crippen LogP contribution in [-0.4, -0.2) is 44.9 Å². The first-order valence-corrected chi connectivity index (χ1v) is 9.86. The average Bonchev–Trinajstić information content (AvgIpc) is 3.24. The van der Waals surface area contributed by atoms with Crippen molar-refractivity contribution in [1.29, 1.82) is 0 Å². The second-order valence-corrected chi connectivity index (χ2v) is 6.97. The maximum absolute atomic E-state index is 12.6. The normalized spacial score (nSPS) is 10.6. The second kappa shape index (κ2) is 9.25. The molecule has 3 heterocycles. The van der Waals surface area contributed by atoms with Gasteiger partial charge in [-0.1, -0.05) is 18.2 Å². The maximum Gasteiger partial charge on any atom is 0.320 e. The van der Waals surface area contributed by atoms with Gasteiger partial charge in [0.2, 0.25) is 5.88 Å². The molecule has 0 saturated heterocycles. The summed E-state index contributed by atoms with van der Waals surface area (Å²) in [5.41, 5.74) is 4.95. The molecule has 162 valence electrons.